The van der Waals surface area contributed by atoms with Crippen molar-refractivity contribution < 1.29 is 28.5 Å². The van der Waals surface area contributed by atoms with E-state index in [0.717, 1.165) is 6.42 Å². The lowest BCUT2D eigenvalue weighted by Crippen LogP contribution is -2.46. The van der Waals surface area contributed by atoms with Crippen LogP contribution >= 0.6 is 0 Å². The van der Waals surface area contributed by atoms with Gasteiger partial charge in [-0.1, -0.05) is 0 Å². The third kappa shape index (κ3) is 3.39. The van der Waals surface area contributed by atoms with Crippen molar-refractivity contribution >= 4 is 11.6 Å². The van der Waals surface area contributed by atoms with Gasteiger partial charge in [0.05, 0.1) is 26.2 Å². The maximum absolute atomic E-state index is 12.1. The second kappa shape index (κ2) is 5.28. The summed E-state index contributed by atoms with van der Waals surface area (Å²) < 4.78 is 21.4. The first-order chi connectivity index (χ1) is 8.82. The van der Waals surface area contributed by atoms with Gasteiger partial charge in [-0.15, -0.1) is 0 Å². The van der Waals surface area contributed by atoms with Crippen molar-refractivity contribution in [2.24, 2.45) is 0 Å². The number of ketones is 2. The van der Waals surface area contributed by atoms with Crippen LogP contribution < -0.4 is 0 Å². The smallest absolute Gasteiger partial charge is 0.226 e. The van der Waals surface area contributed by atoms with Gasteiger partial charge in [0, 0.05) is 0 Å². The van der Waals surface area contributed by atoms with Crippen LogP contribution in [0.4, 0.5) is 0 Å². The minimum absolute atomic E-state index is 0.178. The molecule has 2 fully saturated rings. The number of carbonyl (C=O) groups is 2. The average Bonchev–Trinajstić information content (AvgIpc) is 2.70. The molecule has 6 heteroatoms. The number of ether oxygens (including phenoxy) is 4. The molecule has 0 aliphatic carbocycles. The normalized spacial score (nSPS) is 29.1. The van der Waals surface area contributed by atoms with Crippen molar-refractivity contribution in [3.8, 4) is 0 Å². The third-order valence-corrected chi connectivity index (χ3v) is 3.25. The van der Waals surface area contributed by atoms with Gasteiger partial charge in [0.1, 0.15) is 6.10 Å². The van der Waals surface area contributed by atoms with Crippen LogP contribution in [0.3, 0.4) is 0 Å². The second-order valence-corrected chi connectivity index (χ2v) is 5.38. The van der Waals surface area contributed by atoms with E-state index in [-0.39, 0.29) is 24.6 Å². The van der Waals surface area contributed by atoms with Crippen LogP contribution in [-0.4, -0.2) is 49.1 Å². The molecule has 0 saturated carbocycles. The predicted octanol–water partition coefficient (Wildman–Crippen LogP) is 0.819. The van der Waals surface area contributed by atoms with Gasteiger partial charge in [0.15, 0.2) is 17.4 Å². The van der Waals surface area contributed by atoms with Gasteiger partial charge >= 0.3 is 0 Å². The third-order valence-electron chi connectivity index (χ3n) is 3.25. The van der Waals surface area contributed by atoms with Crippen molar-refractivity contribution in [1.82, 2.24) is 0 Å². The van der Waals surface area contributed by atoms with Gasteiger partial charge in [0.25, 0.3) is 0 Å². The summed E-state index contributed by atoms with van der Waals surface area (Å²) in [6.07, 6.45) is -0.198. The largest absolute Gasteiger partial charge is 0.347 e. The Bertz CT molecular complexity index is 369. The summed E-state index contributed by atoms with van der Waals surface area (Å²) in [7, 11) is 0. The molecule has 2 rings (SSSR count). The van der Waals surface area contributed by atoms with Crippen LogP contribution in [0, 0.1) is 0 Å². The molecule has 0 radical (unpaired) electrons. The Morgan fingerprint density at radius 1 is 1.11 bits per heavy atom. The van der Waals surface area contributed by atoms with Crippen molar-refractivity contribution in [3.63, 3.8) is 0 Å². The van der Waals surface area contributed by atoms with Crippen LogP contribution in [0.5, 0.6) is 0 Å². The van der Waals surface area contributed by atoms with Crippen LogP contribution in [0.1, 0.15) is 33.6 Å². The molecule has 19 heavy (non-hydrogen) atoms. The van der Waals surface area contributed by atoms with E-state index >= 15 is 0 Å². The van der Waals surface area contributed by atoms with Crippen LogP contribution in [0.15, 0.2) is 0 Å². The molecule has 2 saturated heterocycles. The highest BCUT2D eigenvalue weighted by atomic mass is 16.7. The zero-order chi connectivity index (χ0) is 14.1. The van der Waals surface area contributed by atoms with Crippen LogP contribution in [0.25, 0.3) is 0 Å². The molecule has 0 aromatic rings. The predicted molar refractivity (Wildman–Crippen MR) is 64.5 cm³/mol. The molecule has 2 aliphatic heterocycles. The number of rotatable bonds is 4. The minimum Gasteiger partial charge on any atom is -0.347 e. The van der Waals surface area contributed by atoms with Gasteiger partial charge < -0.3 is 18.9 Å². The van der Waals surface area contributed by atoms with E-state index in [1.165, 1.54) is 0 Å². The highest BCUT2D eigenvalue weighted by molar-refractivity contribution is 6.04. The molecule has 0 aromatic carbocycles. The summed E-state index contributed by atoms with van der Waals surface area (Å²) >= 11 is 0. The highest BCUT2D eigenvalue weighted by Gasteiger charge is 2.42. The summed E-state index contributed by atoms with van der Waals surface area (Å²) in [6, 6.07) is 0. The highest BCUT2D eigenvalue weighted by Crippen LogP contribution is 2.25. The molecule has 6 nitrogen and oxygen atoms in total. The number of hydrogen-bond donors (Lipinski definition) is 0. The maximum atomic E-state index is 12.1. The molecule has 2 heterocycles. The fourth-order valence-electron chi connectivity index (χ4n) is 2.07. The van der Waals surface area contributed by atoms with E-state index < -0.39 is 17.7 Å². The zero-order valence-corrected chi connectivity index (χ0v) is 11.6. The zero-order valence-electron chi connectivity index (χ0n) is 11.6. The van der Waals surface area contributed by atoms with Crippen molar-refractivity contribution in [2.75, 3.05) is 19.8 Å². The lowest BCUT2D eigenvalue weighted by molar-refractivity contribution is -0.243. The molecule has 2 aliphatic rings. The SMILES string of the molecule is CC1(C)OCC(C(=O)CC(=O)C2(C)OCCCO2)O1. The van der Waals surface area contributed by atoms with Crippen molar-refractivity contribution in [3.05, 3.63) is 0 Å². The first-order valence-corrected chi connectivity index (χ1v) is 6.48. The average molecular weight is 272 g/mol. The second-order valence-electron chi connectivity index (χ2n) is 5.38. The molecular formula is C13H20O6. The summed E-state index contributed by atoms with van der Waals surface area (Å²) in [6.45, 7) is 6.13. The standard InChI is InChI=1S/C13H20O6/c1-12(2)18-8-10(19-12)9(14)7-11(15)13(3)16-5-4-6-17-13/h10H,4-8H2,1-3H3. The lowest BCUT2D eigenvalue weighted by Gasteiger charge is -2.32. The number of carbonyl (C=O) groups excluding carboxylic acids is 2. The summed E-state index contributed by atoms with van der Waals surface area (Å²) in [5.74, 6) is -2.74. The molecule has 1 unspecified atom stereocenters. The Balaban J connectivity index is 1.90. The fourth-order valence-corrected chi connectivity index (χ4v) is 2.07. The Morgan fingerprint density at radius 3 is 2.26 bits per heavy atom. The Labute approximate surface area is 112 Å². The number of Topliss-reactive ketones (excluding diaryl/α,β-unsaturated/α-hetero) is 2. The quantitative estimate of drug-likeness (QED) is 0.706. The number of hydrogen-bond acceptors (Lipinski definition) is 6. The van der Waals surface area contributed by atoms with E-state index in [0.29, 0.717) is 13.2 Å². The van der Waals surface area contributed by atoms with Crippen molar-refractivity contribution in [2.45, 2.75) is 51.3 Å². The summed E-state index contributed by atoms with van der Waals surface area (Å²) in [4.78, 5) is 24.1. The molecule has 108 valence electrons. The minimum atomic E-state index is -1.30. The summed E-state index contributed by atoms with van der Waals surface area (Å²) in [5.41, 5.74) is 0. The monoisotopic (exact) mass is 272 g/mol. The molecular weight excluding hydrogens is 252 g/mol. The van der Waals surface area contributed by atoms with E-state index in [2.05, 4.69) is 0 Å². The topological polar surface area (TPSA) is 71.1 Å². The first-order valence-electron chi connectivity index (χ1n) is 6.48. The molecule has 0 amide bonds. The van der Waals surface area contributed by atoms with Gasteiger partial charge in [-0.3, -0.25) is 9.59 Å². The van der Waals surface area contributed by atoms with Gasteiger partial charge in [-0.2, -0.15) is 0 Å². The van der Waals surface area contributed by atoms with E-state index in [4.69, 9.17) is 18.9 Å². The van der Waals surface area contributed by atoms with E-state index in [1.807, 2.05) is 0 Å². The molecule has 0 spiro atoms. The Kier molecular flexibility index (Phi) is 4.06. The van der Waals surface area contributed by atoms with E-state index in [1.54, 1.807) is 20.8 Å². The van der Waals surface area contributed by atoms with E-state index in [9.17, 15) is 9.59 Å². The van der Waals surface area contributed by atoms with Crippen molar-refractivity contribution in [1.29, 1.82) is 0 Å². The van der Waals surface area contributed by atoms with Gasteiger partial charge in [-0.25, -0.2) is 0 Å². The molecule has 1 atom stereocenters. The fraction of sp³-hybridized carbons (Fsp3) is 0.846. The lowest BCUT2D eigenvalue weighted by atomic mass is 10.0. The molecule has 0 aromatic heterocycles. The Hall–Kier alpha value is -0.820. The molecule has 0 N–H and O–H groups in total. The van der Waals surface area contributed by atoms with Crippen LogP contribution in [0.2, 0.25) is 0 Å². The molecule has 0 bridgehead atoms. The summed E-state index contributed by atoms with van der Waals surface area (Å²) in [5, 5.41) is 0. The van der Waals surface area contributed by atoms with Crippen LogP contribution in [-0.2, 0) is 28.5 Å². The maximum Gasteiger partial charge on any atom is 0.226 e. The van der Waals surface area contributed by atoms with Gasteiger partial charge in [-0.05, 0) is 27.2 Å². The van der Waals surface area contributed by atoms with Gasteiger partial charge in [0.2, 0.25) is 5.79 Å². The first kappa shape index (κ1) is 14.6. The Morgan fingerprint density at radius 2 is 1.74 bits per heavy atom.